The van der Waals surface area contributed by atoms with Crippen LogP contribution in [-0.2, 0) is 0 Å². The molecule has 2 fully saturated rings. The van der Waals surface area contributed by atoms with Gasteiger partial charge in [0.2, 0.25) is 0 Å². The first-order chi connectivity index (χ1) is 14.2. The van der Waals surface area contributed by atoms with E-state index in [9.17, 15) is 4.79 Å². The minimum Gasteiger partial charge on any atom is -0.372 e. The number of anilines is 3. The molecular formula is C23H31N5O. The molecule has 1 atom stereocenters. The highest BCUT2D eigenvalue weighted by molar-refractivity contribution is 5.93. The second-order valence-electron chi connectivity index (χ2n) is 8.06. The van der Waals surface area contributed by atoms with E-state index in [1.807, 2.05) is 4.90 Å². The highest BCUT2D eigenvalue weighted by atomic mass is 16.2. The molecule has 2 aliphatic rings. The van der Waals surface area contributed by atoms with Gasteiger partial charge in [0, 0.05) is 43.1 Å². The van der Waals surface area contributed by atoms with Crippen LogP contribution in [0.2, 0.25) is 0 Å². The molecule has 0 radical (unpaired) electrons. The van der Waals surface area contributed by atoms with Crippen molar-refractivity contribution < 1.29 is 4.79 Å². The van der Waals surface area contributed by atoms with E-state index in [1.54, 1.807) is 6.07 Å². The van der Waals surface area contributed by atoms with Gasteiger partial charge in [-0.05, 0) is 69.2 Å². The lowest BCUT2D eigenvalue weighted by Gasteiger charge is -2.35. The predicted molar refractivity (Wildman–Crippen MR) is 117 cm³/mol. The summed E-state index contributed by atoms with van der Waals surface area (Å²) in [5, 5.41) is 3.32. The van der Waals surface area contributed by atoms with Gasteiger partial charge in [0.1, 0.15) is 17.8 Å². The van der Waals surface area contributed by atoms with Crippen molar-refractivity contribution in [2.24, 2.45) is 0 Å². The zero-order chi connectivity index (χ0) is 20.1. The number of carbonyl (C=O) groups is 1. The summed E-state index contributed by atoms with van der Waals surface area (Å²) in [4.78, 5) is 26.0. The molecule has 2 saturated heterocycles. The van der Waals surface area contributed by atoms with Crippen LogP contribution < -0.4 is 10.2 Å². The molecule has 0 saturated carbocycles. The normalized spacial score (nSPS) is 19.8. The summed E-state index contributed by atoms with van der Waals surface area (Å²) < 4.78 is 0. The smallest absolute Gasteiger partial charge is 0.272 e. The highest BCUT2D eigenvalue weighted by Crippen LogP contribution is 2.24. The van der Waals surface area contributed by atoms with Crippen LogP contribution in [0.25, 0.3) is 0 Å². The maximum atomic E-state index is 13.0. The number of nitrogens with one attached hydrogen (secondary N) is 1. The Morgan fingerprint density at radius 1 is 1.03 bits per heavy atom. The van der Waals surface area contributed by atoms with Crippen LogP contribution in [0.3, 0.4) is 0 Å². The Balaban J connectivity index is 1.44. The molecule has 154 valence electrons. The van der Waals surface area contributed by atoms with Gasteiger partial charge in [-0.3, -0.25) is 4.79 Å². The third-order valence-corrected chi connectivity index (χ3v) is 6.11. The monoisotopic (exact) mass is 393 g/mol. The maximum absolute atomic E-state index is 13.0. The fourth-order valence-corrected chi connectivity index (χ4v) is 4.44. The fourth-order valence-electron chi connectivity index (χ4n) is 4.44. The minimum atomic E-state index is 0.0162. The van der Waals surface area contributed by atoms with Crippen molar-refractivity contribution in [1.82, 2.24) is 14.9 Å². The van der Waals surface area contributed by atoms with Crippen LogP contribution >= 0.6 is 0 Å². The van der Waals surface area contributed by atoms with Crippen molar-refractivity contribution >= 4 is 23.1 Å². The quantitative estimate of drug-likeness (QED) is 0.803. The molecule has 6 heteroatoms. The standard InChI is InChI=1S/C23H31N5O/c1-2-19-8-4-7-15-28(19)23(29)21-16-22(25-17-24-21)26-18-9-11-20(12-10-18)27-13-5-3-6-14-27/h9-12,16-17,19H,2-8,13-15H2,1H3,(H,24,25,26). The van der Waals surface area contributed by atoms with Gasteiger partial charge < -0.3 is 15.1 Å². The lowest BCUT2D eigenvalue weighted by Crippen LogP contribution is -2.43. The van der Waals surface area contributed by atoms with Crippen LogP contribution in [0, 0.1) is 0 Å². The summed E-state index contributed by atoms with van der Waals surface area (Å²) in [5.74, 6) is 0.668. The number of carbonyl (C=O) groups excluding carboxylic acids is 1. The van der Waals surface area contributed by atoms with Crippen molar-refractivity contribution in [1.29, 1.82) is 0 Å². The van der Waals surface area contributed by atoms with Crippen LogP contribution in [0.4, 0.5) is 17.2 Å². The maximum Gasteiger partial charge on any atom is 0.272 e. The number of benzene rings is 1. The van der Waals surface area contributed by atoms with Crippen LogP contribution in [-0.4, -0.2) is 46.5 Å². The Kier molecular flexibility index (Phi) is 6.27. The molecule has 0 bridgehead atoms. The first-order valence-electron chi connectivity index (χ1n) is 11.0. The van der Waals surface area contributed by atoms with Crippen LogP contribution in [0.15, 0.2) is 36.7 Å². The molecule has 29 heavy (non-hydrogen) atoms. The topological polar surface area (TPSA) is 61.4 Å². The van der Waals surface area contributed by atoms with Gasteiger partial charge in [-0.1, -0.05) is 6.92 Å². The summed E-state index contributed by atoms with van der Waals surface area (Å²) in [5.41, 5.74) is 2.70. The van der Waals surface area contributed by atoms with Crippen LogP contribution in [0.5, 0.6) is 0 Å². The molecule has 1 N–H and O–H groups in total. The second kappa shape index (κ2) is 9.25. The van der Waals surface area contributed by atoms with Gasteiger partial charge in [0.25, 0.3) is 5.91 Å². The van der Waals surface area contributed by atoms with Gasteiger partial charge in [0.15, 0.2) is 0 Å². The van der Waals surface area contributed by atoms with E-state index in [2.05, 4.69) is 51.4 Å². The molecule has 0 spiro atoms. The molecule has 4 rings (SSSR count). The molecule has 1 unspecified atom stereocenters. The van der Waals surface area contributed by atoms with Crippen molar-refractivity contribution in [3.05, 3.63) is 42.4 Å². The summed E-state index contributed by atoms with van der Waals surface area (Å²) in [6.07, 6.45) is 9.70. The first-order valence-corrected chi connectivity index (χ1v) is 11.0. The zero-order valence-electron chi connectivity index (χ0n) is 17.3. The van der Waals surface area contributed by atoms with Gasteiger partial charge >= 0.3 is 0 Å². The Labute approximate surface area is 173 Å². The van der Waals surface area contributed by atoms with Crippen molar-refractivity contribution in [2.75, 3.05) is 29.9 Å². The predicted octanol–water partition coefficient (Wildman–Crippen LogP) is 4.62. The van der Waals surface area contributed by atoms with Crippen molar-refractivity contribution in [3.63, 3.8) is 0 Å². The number of piperidine rings is 2. The largest absolute Gasteiger partial charge is 0.372 e. The van der Waals surface area contributed by atoms with E-state index < -0.39 is 0 Å². The molecule has 1 aromatic heterocycles. The zero-order valence-corrected chi connectivity index (χ0v) is 17.3. The van der Waals surface area contributed by atoms with Crippen molar-refractivity contribution in [3.8, 4) is 0 Å². The summed E-state index contributed by atoms with van der Waals surface area (Å²) in [7, 11) is 0. The Bertz CT molecular complexity index is 816. The Morgan fingerprint density at radius 2 is 1.79 bits per heavy atom. The van der Waals surface area contributed by atoms with E-state index in [0.29, 0.717) is 17.6 Å². The van der Waals surface area contributed by atoms with Crippen molar-refractivity contribution in [2.45, 2.75) is 57.9 Å². The van der Waals surface area contributed by atoms with E-state index >= 15 is 0 Å². The molecule has 6 nitrogen and oxygen atoms in total. The molecule has 3 heterocycles. The van der Waals surface area contributed by atoms with Gasteiger partial charge in [0.05, 0.1) is 0 Å². The van der Waals surface area contributed by atoms with E-state index in [4.69, 9.17) is 0 Å². The van der Waals surface area contributed by atoms with Crippen LogP contribution in [0.1, 0.15) is 62.4 Å². The first kappa shape index (κ1) is 19.7. The molecule has 2 aromatic rings. The fraction of sp³-hybridized carbons (Fsp3) is 0.522. The molecule has 1 amide bonds. The number of rotatable bonds is 5. The van der Waals surface area contributed by atoms with Gasteiger partial charge in [-0.2, -0.15) is 0 Å². The number of hydrogen-bond acceptors (Lipinski definition) is 5. The Morgan fingerprint density at radius 3 is 2.55 bits per heavy atom. The third-order valence-electron chi connectivity index (χ3n) is 6.11. The number of amides is 1. The number of aromatic nitrogens is 2. The highest BCUT2D eigenvalue weighted by Gasteiger charge is 2.27. The molecule has 2 aliphatic heterocycles. The average Bonchev–Trinajstić information content (AvgIpc) is 2.80. The summed E-state index contributed by atoms with van der Waals surface area (Å²) >= 11 is 0. The summed E-state index contributed by atoms with van der Waals surface area (Å²) in [6.45, 7) is 5.25. The summed E-state index contributed by atoms with van der Waals surface area (Å²) in [6, 6.07) is 10.5. The van der Waals surface area contributed by atoms with E-state index in [1.165, 1.54) is 37.7 Å². The van der Waals surface area contributed by atoms with E-state index in [0.717, 1.165) is 44.6 Å². The lowest BCUT2D eigenvalue weighted by molar-refractivity contribution is 0.0602. The van der Waals surface area contributed by atoms with Gasteiger partial charge in [-0.25, -0.2) is 9.97 Å². The Hall–Kier alpha value is -2.63. The second-order valence-corrected chi connectivity index (χ2v) is 8.06. The molecule has 0 aliphatic carbocycles. The average molecular weight is 394 g/mol. The van der Waals surface area contributed by atoms with Gasteiger partial charge in [-0.15, -0.1) is 0 Å². The molecular weight excluding hydrogens is 362 g/mol. The number of nitrogens with zero attached hydrogens (tertiary/aromatic N) is 4. The number of likely N-dealkylation sites (tertiary alicyclic amines) is 1. The van der Waals surface area contributed by atoms with E-state index in [-0.39, 0.29) is 5.91 Å². The number of hydrogen-bond donors (Lipinski definition) is 1. The lowest BCUT2D eigenvalue weighted by atomic mass is 9.99. The SMILES string of the molecule is CCC1CCCCN1C(=O)c1cc(Nc2ccc(N3CCCCC3)cc2)ncn1. The third kappa shape index (κ3) is 4.69. The molecule has 1 aromatic carbocycles. The minimum absolute atomic E-state index is 0.0162.